The number of Topliss-reactive ketones (excluding diaryl/α,β-unsaturated/α-hetero) is 1. The fourth-order valence-electron chi connectivity index (χ4n) is 2.77. The van der Waals surface area contributed by atoms with Gasteiger partial charge in [0.1, 0.15) is 10.8 Å². The van der Waals surface area contributed by atoms with Crippen LogP contribution in [0.2, 0.25) is 0 Å². The van der Waals surface area contributed by atoms with Gasteiger partial charge in [-0.2, -0.15) is 0 Å². The number of thiophene rings is 1. The second kappa shape index (κ2) is 9.33. The fraction of sp³-hybridized carbons (Fsp3) is 0.421. The first-order chi connectivity index (χ1) is 12.6. The minimum absolute atomic E-state index is 0.133. The van der Waals surface area contributed by atoms with E-state index in [9.17, 15) is 14.4 Å². The smallest absolute Gasteiger partial charge is 0.319 e. The first kappa shape index (κ1) is 19.9. The molecule has 26 heavy (non-hydrogen) atoms. The van der Waals surface area contributed by atoms with Crippen LogP contribution in [0.5, 0.6) is 0 Å². The first-order valence-electron chi connectivity index (χ1n) is 8.97. The van der Waals surface area contributed by atoms with Gasteiger partial charge in [-0.1, -0.05) is 32.0 Å². The Morgan fingerprint density at radius 1 is 1.15 bits per heavy atom. The summed E-state index contributed by atoms with van der Waals surface area (Å²) in [6.45, 7) is 7.21. The van der Waals surface area contributed by atoms with Crippen LogP contribution in [0, 0.1) is 0 Å². The van der Waals surface area contributed by atoms with E-state index in [1.54, 1.807) is 4.90 Å². The molecule has 1 aromatic heterocycles. The summed E-state index contributed by atoms with van der Waals surface area (Å²) in [7, 11) is 0. The van der Waals surface area contributed by atoms with E-state index >= 15 is 0 Å². The molecule has 3 amide bonds. The minimum Gasteiger partial charge on any atom is -0.338 e. The normalized spacial score (nSPS) is 13.8. The molecular formula is C19H25N3O3S. The van der Waals surface area contributed by atoms with Crippen molar-refractivity contribution < 1.29 is 14.4 Å². The maximum absolute atomic E-state index is 13.0. The first-order valence-corrected chi connectivity index (χ1v) is 9.79. The van der Waals surface area contributed by atoms with E-state index in [0.29, 0.717) is 43.0 Å². The van der Waals surface area contributed by atoms with Crippen molar-refractivity contribution in [2.75, 3.05) is 25.0 Å². The number of ketones is 1. The molecule has 0 unspecified atom stereocenters. The van der Waals surface area contributed by atoms with Crippen LogP contribution in [0.1, 0.15) is 44.0 Å². The molecule has 0 atom stereocenters. The predicted octanol–water partition coefficient (Wildman–Crippen LogP) is 3.87. The zero-order chi connectivity index (χ0) is 19.1. The van der Waals surface area contributed by atoms with Crippen molar-refractivity contribution in [2.24, 2.45) is 0 Å². The molecule has 0 bridgehead atoms. The summed E-state index contributed by atoms with van der Waals surface area (Å²) in [6, 6.07) is 7.27. The van der Waals surface area contributed by atoms with Crippen molar-refractivity contribution in [3.63, 3.8) is 0 Å². The Kier molecular flexibility index (Phi) is 7.15. The van der Waals surface area contributed by atoms with E-state index in [-0.39, 0.29) is 17.7 Å². The van der Waals surface area contributed by atoms with Crippen molar-refractivity contribution >= 4 is 44.1 Å². The Labute approximate surface area is 157 Å². The van der Waals surface area contributed by atoms with Crippen LogP contribution in [-0.4, -0.2) is 42.3 Å². The van der Waals surface area contributed by atoms with Crippen molar-refractivity contribution in [3.8, 4) is 0 Å². The number of hydrogen-bond donors (Lipinski definition) is 2. The van der Waals surface area contributed by atoms with E-state index < -0.39 is 0 Å². The van der Waals surface area contributed by atoms with Gasteiger partial charge in [0, 0.05) is 42.6 Å². The fourth-order valence-corrected chi connectivity index (χ4v) is 3.86. The van der Waals surface area contributed by atoms with E-state index in [1.807, 2.05) is 45.0 Å². The molecule has 1 aliphatic heterocycles. The van der Waals surface area contributed by atoms with Crippen molar-refractivity contribution in [1.82, 2.24) is 10.2 Å². The van der Waals surface area contributed by atoms with Gasteiger partial charge in [0.25, 0.3) is 5.91 Å². The number of anilines is 1. The molecule has 2 heterocycles. The zero-order valence-corrected chi connectivity index (χ0v) is 16.2. The average Bonchev–Trinajstić information content (AvgIpc) is 3.01. The highest BCUT2D eigenvalue weighted by molar-refractivity contribution is 7.23. The average molecular weight is 375 g/mol. The topological polar surface area (TPSA) is 78.5 Å². The second-order valence-corrected chi connectivity index (χ2v) is 6.67. The molecule has 0 saturated carbocycles. The van der Waals surface area contributed by atoms with Gasteiger partial charge in [0.2, 0.25) is 0 Å². The highest BCUT2D eigenvalue weighted by atomic mass is 32.1. The predicted molar refractivity (Wildman–Crippen MR) is 106 cm³/mol. The lowest BCUT2D eigenvalue weighted by Crippen LogP contribution is -2.39. The summed E-state index contributed by atoms with van der Waals surface area (Å²) in [5, 5.41) is 6.84. The molecule has 1 aromatic carbocycles. The van der Waals surface area contributed by atoms with Gasteiger partial charge in [-0.3, -0.25) is 14.9 Å². The third-order valence-electron chi connectivity index (χ3n) is 3.98. The van der Waals surface area contributed by atoms with Crippen LogP contribution < -0.4 is 10.6 Å². The van der Waals surface area contributed by atoms with Gasteiger partial charge in [-0.05, 0) is 13.0 Å². The molecule has 3 rings (SSSR count). The number of amides is 3. The Morgan fingerprint density at radius 3 is 2.46 bits per heavy atom. The van der Waals surface area contributed by atoms with Crippen LogP contribution in [0.3, 0.4) is 0 Å². The SMILES string of the molecule is CC.CCNC(=O)Nc1sc2ccccc2c1C(=O)N1CCC(=O)CC1. The molecule has 0 radical (unpaired) electrons. The molecule has 1 saturated heterocycles. The number of fused-ring (bicyclic) bond motifs is 1. The number of urea groups is 1. The van der Waals surface area contributed by atoms with E-state index in [1.165, 1.54) is 11.3 Å². The minimum atomic E-state index is -0.327. The van der Waals surface area contributed by atoms with E-state index in [2.05, 4.69) is 10.6 Å². The monoisotopic (exact) mass is 375 g/mol. The number of rotatable bonds is 3. The maximum Gasteiger partial charge on any atom is 0.319 e. The Morgan fingerprint density at radius 2 is 1.81 bits per heavy atom. The molecule has 2 N–H and O–H groups in total. The van der Waals surface area contributed by atoms with Crippen molar-refractivity contribution in [1.29, 1.82) is 0 Å². The van der Waals surface area contributed by atoms with Crippen LogP contribution in [0.25, 0.3) is 10.1 Å². The van der Waals surface area contributed by atoms with Crippen molar-refractivity contribution in [3.05, 3.63) is 29.8 Å². The summed E-state index contributed by atoms with van der Waals surface area (Å²) < 4.78 is 0.945. The molecule has 1 aliphatic rings. The molecular weight excluding hydrogens is 350 g/mol. The number of likely N-dealkylation sites (tertiary alicyclic amines) is 1. The zero-order valence-electron chi connectivity index (χ0n) is 15.4. The molecule has 0 aliphatic carbocycles. The number of carbonyl (C=O) groups excluding carboxylic acids is 3. The molecule has 6 nitrogen and oxygen atoms in total. The van der Waals surface area contributed by atoms with Crippen LogP contribution in [-0.2, 0) is 4.79 Å². The summed E-state index contributed by atoms with van der Waals surface area (Å²) in [5.74, 6) is 0.0571. The molecule has 0 spiro atoms. The number of benzene rings is 1. The van der Waals surface area contributed by atoms with Crippen LogP contribution >= 0.6 is 11.3 Å². The number of piperidine rings is 1. The highest BCUT2D eigenvalue weighted by Crippen LogP contribution is 2.36. The standard InChI is InChI=1S/C17H19N3O3S.C2H6/c1-2-18-17(23)19-15-14(12-5-3-4-6-13(12)24-15)16(22)20-9-7-11(21)8-10-20;1-2/h3-6H,2,7-10H2,1H3,(H2,18,19,23);1-2H3. The van der Waals surface area contributed by atoms with Gasteiger partial charge < -0.3 is 10.2 Å². The van der Waals surface area contributed by atoms with Crippen LogP contribution in [0.4, 0.5) is 9.80 Å². The summed E-state index contributed by atoms with van der Waals surface area (Å²) in [6.07, 6.45) is 0.791. The quantitative estimate of drug-likeness (QED) is 0.855. The third kappa shape index (κ3) is 4.40. The van der Waals surface area contributed by atoms with Crippen LogP contribution in [0.15, 0.2) is 24.3 Å². The lowest BCUT2D eigenvalue weighted by molar-refractivity contribution is -0.120. The van der Waals surface area contributed by atoms with E-state index in [4.69, 9.17) is 0 Å². The highest BCUT2D eigenvalue weighted by Gasteiger charge is 2.27. The Hall–Kier alpha value is -2.41. The van der Waals surface area contributed by atoms with Gasteiger partial charge >= 0.3 is 6.03 Å². The number of carbonyl (C=O) groups is 3. The third-order valence-corrected chi connectivity index (χ3v) is 5.07. The van der Waals surface area contributed by atoms with Gasteiger partial charge in [-0.15, -0.1) is 11.3 Å². The molecule has 2 aromatic rings. The van der Waals surface area contributed by atoms with Gasteiger partial charge in [-0.25, -0.2) is 4.79 Å². The number of nitrogens with one attached hydrogen (secondary N) is 2. The van der Waals surface area contributed by atoms with Gasteiger partial charge in [0.15, 0.2) is 0 Å². The largest absolute Gasteiger partial charge is 0.338 e. The number of hydrogen-bond acceptors (Lipinski definition) is 4. The summed E-state index contributed by atoms with van der Waals surface area (Å²) >= 11 is 1.38. The van der Waals surface area contributed by atoms with E-state index in [0.717, 1.165) is 10.1 Å². The second-order valence-electron chi connectivity index (χ2n) is 5.62. The summed E-state index contributed by atoms with van der Waals surface area (Å²) in [4.78, 5) is 38.0. The Bertz CT molecular complexity index is 790. The maximum atomic E-state index is 13.0. The number of nitrogens with zero attached hydrogens (tertiary/aromatic N) is 1. The van der Waals surface area contributed by atoms with Crippen molar-refractivity contribution in [2.45, 2.75) is 33.6 Å². The van der Waals surface area contributed by atoms with Gasteiger partial charge in [0.05, 0.1) is 5.56 Å². The lowest BCUT2D eigenvalue weighted by atomic mass is 10.1. The molecule has 1 fully saturated rings. The summed E-state index contributed by atoms with van der Waals surface area (Å²) in [5.41, 5.74) is 0.510. The molecule has 140 valence electrons. The lowest BCUT2D eigenvalue weighted by Gasteiger charge is -2.26. The Balaban J connectivity index is 0.00000117. The molecule has 7 heteroatoms.